The number of ketones is 1. The van der Waals surface area contributed by atoms with Crippen molar-refractivity contribution >= 4 is 16.8 Å². The highest BCUT2D eigenvalue weighted by molar-refractivity contribution is 5.97. The monoisotopic (exact) mass is 283 g/mol. The fourth-order valence-corrected chi connectivity index (χ4v) is 2.02. The SMILES string of the molecule is CC(=O)C(C#N)=CCc1c[nH]c2ncc(OC(C)C)cc12. The number of nitrogens with zero attached hydrogens (tertiary/aromatic N) is 2. The summed E-state index contributed by atoms with van der Waals surface area (Å²) in [6.45, 7) is 5.30. The molecule has 0 aliphatic heterocycles. The first-order valence-electron chi connectivity index (χ1n) is 6.75. The number of fused-ring (bicyclic) bond motifs is 1. The van der Waals surface area contributed by atoms with Crippen LogP contribution < -0.4 is 4.74 Å². The molecule has 5 nitrogen and oxygen atoms in total. The van der Waals surface area contributed by atoms with Crippen molar-refractivity contribution in [3.8, 4) is 11.8 Å². The van der Waals surface area contributed by atoms with Crippen LogP contribution in [0.1, 0.15) is 26.3 Å². The van der Waals surface area contributed by atoms with Crippen molar-refractivity contribution in [3.05, 3.63) is 35.7 Å². The lowest BCUT2D eigenvalue weighted by Gasteiger charge is -2.09. The summed E-state index contributed by atoms with van der Waals surface area (Å²) in [7, 11) is 0. The molecule has 2 heterocycles. The second-order valence-electron chi connectivity index (χ2n) is 5.04. The Kier molecular flexibility index (Phi) is 4.39. The Morgan fingerprint density at radius 3 is 2.95 bits per heavy atom. The van der Waals surface area contributed by atoms with Gasteiger partial charge >= 0.3 is 0 Å². The molecule has 2 rings (SSSR count). The largest absolute Gasteiger partial charge is 0.489 e. The van der Waals surface area contributed by atoms with Crippen LogP contribution in [-0.4, -0.2) is 21.9 Å². The third kappa shape index (κ3) is 3.48. The van der Waals surface area contributed by atoms with Crippen LogP contribution in [0.5, 0.6) is 5.75 Å². The summed E-state index contributed by atoms with van der Waals surface area (Å²) in [6.07, 6.45) is 5.72. The minimum Gasteiger partial charge on any atom is -0.489 e. The number of hydrogen-bond donors (Lipinski definition) is 1. The van der Waals surface area contributed by atoms with Crippen molar-refractivity contribution in [1.82, 2.24) is 9.97 Å². The highest BCUT2D eigenvalue weighted by Crippen LogP contribution is 2.23. The molecule has 0 fully saturated rings. The Balaban J connectivity index is 2.32. The standard InChI is InChI=1S/C16H17N3O2/c1-10(2)21-14-6-15-13(8-18-16(15)19-9-14)5-4-12(7-17)11(3)20/h4,6,8-10H,5H2,1-3H3,(H,18,19). The van der Waals surface area contributed by atoms with E-state index < -0.39 is 0 Å². The van der Waals surface area contributed by atoms with Crippen LogP contribution in [-0.2, 0) is 11.2 Å². The minimum absolute atomic E-state index is 0.0782. The Morgan fingerprint density at radius 2 is 2.33 bits per heavy atom. The normalized spacial score (nSPS) is 11.7. The first-order chi connectivity index (χ1) is 10.0. The van der Waals surface area contributed by atoms with Gasteiger partial charge in [-0.3, -0.25) is 4.79 Å². The van der Waals surface area contributed by atoms with Gasteiger partial charge in [-0.1, -0.05) is 6.08 Å². The maximum Gasteiger partial charge on any atom is 0.169 e. The molecule has 0 aliphatic carbocycles. The molecule has 0 aromatic carbocycles. The number of aromatic nitrogens is 2. The minimum atomic E-state index is -0.223. The second kappa shape index (κ2) is 6.23. The van der Waals surface area contributed by atoms with Crippen molar-refractivity contribution < 1.29 is 9.53 Å². The van der Waals surface area contributed by atoms with Crippen LogP contribution in [0.15, 0.2) is 30.1 Å². The van der Waals surface area contributed by atoms with E-state index >= 15 is 0 Å². The quantitative estimate of drug-likeness (QED) is 0.676. The van der Waals surface area contributed by atoms with Crippen LogP contribution in [0.2, 0.25) is 0 Å². The number of pyridine rings is 1. The first kappa shape index (κ1) is 14.8. The topological polar surface area (TPSA) is 78.8 Å². The van der Waals surface area contributed by atoms with E-state index in [-0.39, 0.29) is 17.5 Å². The van der Waals surface area contributed by atoms with Crippen molar-refractivity contribution in [2.45, 2.75) is 33.3 Å². The van der Waals surface area contributed by atoms with Crippen LogP contribution in [0.3, 0.4) is 0 Å². The summed E-state index contributed by atoms with van der Waals surface area (Å²) in [6, 6.07) is 3.83. The molecule has 1 N–H and O–H groups in total. The number of carbonyl (C=O) groups is 1. The summed E-state index contributed by atoms with van der Waals surface area (Å²) in [4.78, 5) is 18.6. The molecule has 0 spiro atoms. The number of aromatic amines is 1. The van der Waals surface area contributed by atoms with E-state index in [9.17, 15) is 4.79 Å². The molecule has 0 saturated heterocycles. The first-order valence-corrected chi connectivity index (χ1v) is 6.75. The third-order valence-corrected chi connectivity index (χ3v) is 2.99. The van der Waals surface area contributed by atoms with E-state index in [1.807, 2.05) is 32.2 Å². The van der Waals surface area contributed by atoms with Crippen LogP contribution >= 0.6 is 0 Å². The number of H-pyrrole nitrogens is 1. The van der Waals surface area contributed by atoms with Crippen LogP contribution in [0, 0.1) is 11.3 Å². The zero-order chi connectivity index (χ0) is 15.4. The number of nitrogens with one attached hydrogen (secondary N) is 1. The molecule has 2 aromatic heterocycles. The number of rotatable bonds is 5. The molecular weight excluding hydrogens is 266 g/mol. The highest BCUT2D eigenvalue weighted by Gasteiger charge is 2.08. The predicted molar refractivity (Wildman–Crippen MR) is 79.9 cm³/mol. The average molecular weight is 283 g/mol. The average Bonchev–Trinajstić information content (AvgIpc) is 2.81. The Morgan fingerprint density at radius 1 is 1.57 bits per heavy atom. The maximum atomic E-state index is 11.2. The molecule has 2 aromatic rings. The molecule has 0 saturated carbocycles. The Hall–Kier alpha value is -2.61. The number of carbonyl (C=O) groups excluding carboxylic acids is 1. The summed E-state index contributed by atoms with van der Waals surface area (Å²) < 4.78 is 5.63. The molecule has 0 atom stereocenters. The van der Waals surface area contributed by atoms with Gasteiger partial charge in [-0.25, -0.2) is 4.98 Å². The predicted octanol–water partition coefficient (Wildman–Crippen LogP) is 2.93. The van der Waals surface area contributed by atoms with Crippen molar-refractivity contribution in [3.63, 3.8) is 0 Å². The van der Waals surface area contributed by atoms with Gasteiger partial charge in [-0.15, -0.1) is 0 Å². The Bertz CT molecular complexity index is 736. The van der Waals surface area contributed by atoms with E-state index in [0.29, 0.717) is 12.2 Å². The molecule has 108 valence electrons. The molecule has 0 amide bonds. The number of Topliss-reactive ketones (excluding diaryl/α,β-unsaturated/α-hetero) is 1. The number of allylic oxidation sites excluding steroid dienone is 2. The fourth-order valence-electron chi connectivity index (χ4n) is 2.02. The lowest BCUT2D eigenvalue weighted by Crippen LogP contribution is -2.05. The van der Waals surface area contributed by atoms with Crippen LogP contribution in [0.25, 0.3) is 11.0 Å². The van der Waals surface area contributed by atoms with Gasteiger partial charge in [0.15, 0.2) is 5.78 Å². The number of hydrogen-bond acceptors (Lipinski definition) is 4. The lowest BCUT2D eigenvalue weighted by molar-refractivity contribution is -0.113. The maximum absolute atomic E-state index is 11.2. The summed E-state index contributed by atoms with van der Waals surface area (Å²) in [5, 5.41) is 9.84. The molecule has 21 heavy (non-hydrogen) atoms. The molecule has 0 unspecified atom stereocenters. The lowest BCUT2D eigenvalue weighted by atomic mass is 10.1. The van der Waals surface area contributed by atoms with Gasteiger partial charge in [-0.05, 0) is 38.8 Å². The summed E-state index contributed by atoms with van der Waals surface area (Å²) in [5.41, 5.74) is 1.91. The van der Waals surface area contributed by atoms with E-state index in [1.165, 1.54) is 6.92 Å². The summed E-state index contributed by atoms with van der Waals surface area (Å²) in [5.74, 6) is 0.480. The van der Waals surface area contributed by atoms with Gasteiger partial charge in [0.25, 0.3) is 0 Å². The fraction of sp³-hybridized carbons (Fsp3) is 0.312. The van der Waals surface area contributed by atoms with Gasteiger partial charge < -0.3 is 9.72 Å². The van der Waals surface area contributed by atoms with Gasteiger partial charge in [0.05, 0.1) is 17.9 Å². The number of nitriles is 1. The van der Waals surface area contributed by atoms with Crippen LogP contribution in [0.4, 0.5) is 0 Å². The highest BCUT2D eigenvalue weighted by atomic mass is 16.5. The van der Waals surface area contributed by atoms with E-state index in [0.717, 1.165) is 16.6 Å². The number of ether oxygens (including phenoxy) is 1. The van der Waals surface area contributed by atoms with E-state index in [1.54, 1.807) is 12.3 Å². The third-order valence-electron chi connectivity index (χ3n) is 2.99. The van der Waals surface area contributed by atoms with Crippen molar-refractivity contribution in [1.29, 1.82) is 5.26 Å². The van der Waals surface area contributed by atoms with Gasteiger partial charge in [0, 0.05) is 11.6 Å². The summed E-state index contributed by atoms with van der Waals surface area (Å²) >= 11 is 0. The van der Waals surface area contributed by atoms with E-state index in [2.05, 4.69) is 9.97 Å². The second-order valence-corrected chi connectivity index (χ2v) is 5.04. The molecule has 0 radical (unpaired) electrons. The smallest absolute Gasteiger partial charge is 0.169 e. The van der Waals surface area contributed by atoms with Gasteiger partial charge in [0.1, 0.15) is 17.5 Å². The van der Waals surface area contributed by atoms with Gasteiger partial charge in [0.2, 0.25) is 0 Å². The zero-order valence-electron chi connectivity index (χ0n) is 12.3. The zero-order valence-corrected chi connectivity index (χ0v) is 12.3. The van der Waals surface area contributed by atoms with Gasteiger partial charge in [-0.2, -0.15) is 5.26 Å². The van der Waals surface area contributed by atoms with Crippen molar-refractivity contribution in [2.75, 3.05) is 0 Å². The van der Waals surface area contributed by atoms with Crippen molar-refractivity contribution in [2.24, 2.45) is 0 Å². The molecule has 5 heteroatoms. The van der Waals surface area contributed by atoms with E-state index in [4.69, 9.17) is 10.00 Å². The molecule has 0 bridgehead atoms. The molecule has 0 aliphatic rings. The Labute approximate surface area is 123 Å². The molecular formula is C16H17N3O2.